The van der Waals surface area contributed by atoms with Crippen molar-refractivity contribution in [2.24, 2.45) is 0 Å². The standard InChI is InChI=1S/C16H22ClNO/c1-4-18(5-2)11-12-19-16-9-8-15(7-6-10-17)13-14(16)3/h8-9,13H,4-5,10-12H2,1-3H3. The Morgan fingerprint density at radius 2 is 2.00 bits per heavy atom. The van der Waals surface area contributed by atoms with E-state index in [9.17, 15) is 0 Å². The van der Waals surface area contributed by atoms with Gasteiger partial charge in [-0.1, -0.05) is 25.7 Å². The Morgan fingerprint density at radius 1 is 1.26 bits per heavy atom. The lowest BCUT2D eigenvalue weighted by molar-refractivity contribution is 0.222. The number of benzene rings is 1. The van der Waals surface area contributed by atoms with E-state index in [0.717, 1.165) is 43.1 Å². The molecule has 1 rings (SSSR count). The van der Waals surface area contributed by atoms with Gasteiger partial charge in [0.1, 0.15) is 12.4 Å². The SMILES string of the molecule is CCN(CC)CCOc1ccc(C#CCCl)cc1C. The average molecular weight is 280 g/mol. The molecule has 0 amide bonds. The van der Waals surface area contributed by atoms with Crippen LogP contribution >= 0.6 is 11.6 Å². The molecule has 1 aromatic rings. The highest BCUT2D eigenvalue weighted by atomic mass is 35.5. The van der Waals surface area contributed by atoms with E-state index in [1.54, 1.807) is 0 Å². The van der Waals surface area contributed by atoms with Crippen molar-refractivity contribution < 1.29 is 4.74 Å². The molecule has 0 unspecified atom stereocenters. The van der Waals surface area contributed by atoms with E-state index in [1.165, 1.54) is 0 Å². The number of hydrogen-bond donors (Lipinski definition) is 0. The summed E-state index contributed by atoms with van der Waals surface area (Å²) in [5.74, 6) is 7.16. The van der Waals surface area contributed by atoms with Crippen molar-refractivity contribution in [1.29, 1.82) is 0 Å². The fourth-order valence-corrected chi connectivity index (χ4v) is 1.92. The number of nitrogens with zero attached hydrogens (tertiary/aromatic N) is 1. The Morgan fingerprint density at radius 3 is 2.58 bits per heavy atom. The summed E-state index contributed by atoms with van der Waals surface area (Å²) in [5.41, 5.74) is 2.09. The third-order valence-corrected chi connectivity index (χ3v) is 3.17. The van der Waals surface area contributed by atoms with Gasteiger partial charge in [-0.05, 0) is 43.8 Å². The summed E-state index contributed by atoms with van der Waals surface area (Å²) < 4.78 is 5.81. The zero-order chi connectivity index (χ0) is 14.1. The largest absolute Gasteiger partial charge is 0.492 e. The number of alkyl halides is 1. The molecule has 0 aliphatic heterocycles. The monoisotopic (exact) mass is 279 g/mol. The summed E-state index contributed by atoms with van der Waals surface area (Å²) in [6.45, 7) is 10.2. The van der Waals surface area contributed by atoms with E-state index in [4.69, 9.17) is 16.3 Å². The van der Waals surface area contributed by atoms with Gasteiger partial charge in [0.2, 0.25) is 0 Å². The third kappa shape index (κ3) is 5.55. The highest BCUT2D eigenvalue weighted by molar-refractivity contribution is 6.19. The lowest BCUT2D eigenvalue weighted by Gasteiger charge is -2.18. The van der Waals surface area contributed by atoms with Gasteiger partial charge in [-0.15, -0.1) is 11.6 Å². The number of rotatable bonds is 6. The molecule has 0 heterocycles. The molecular weight excluding hydrogens is 258 g/mol. The van der Waals surface area contributed by atoms with Crippen LogP contribution in [0.2, 0.25) is 0 Å². The van der Waals surface area contributed by atoms with Crippen molar-refractivity contribution in [1.82, 2.24) is 4.90 Å². The zero-order valence-electron chi connectivity index (χ0n) is 12.0. The quantitative estimate of drug-likeness (QED) is 0.585. The second-order valence-corrected chi connectivity index (χ2v) is 4.56. The normalized spacial score (nSPS) is 10.2. The first-order valence-corrected chi connectivity index (χ1v) is 7.25. The molecular formula is C16H22ClNO. The highest BCUT2D eigenvalue weighted by Crippen LogP contribution is 2.18. The van der Waals surface area contributed by atoms with E-state index in [0.29, 0.717) is 5.88 Å². The maximum absolute atomic E-state index is 5.81. The average Bonchev–Trinajstić information content (AvgIpc) is 2.43. The van der Waals surface area contributed by atoms with Crippen LogP contribution in [0, 0.1) is 18.8 Å². The molecule has 0 bridgehead atoms. The summed E-state index contributed by atoms with van der Waals surface area (Å²) in [5, 5.41) is 0. The van der Waals surface area contributed by atoms with E-state index in [1.807, 2.05) is 25.1 Å². The summed E-state index contributed by atoms with van der Waals surface area (Å²) in [7, 11) is 0. The molecule has 19 heavy (non-hydrogen) atoms. The second-order valence-electron chi connectivity index (χ2n) is 4.29. The smallest absolute Gasteiger partial charge is 0.122 e. The molecule has 2 nitrogen and oxygen atoms in total. The summed E-state index contributed by atoms with van der Waals surface area (Å²) in [6.07, 6.45) is 0. The van der Waals surface area contributed by atoms with Gasteiger partial charge in [0.25, 0.3) is 0 Å². The van der Waals surface area contributed by atoms with Crippen molar-refractivity contribution >= 4 is 11.6 Å². The van der Waals surface area contributed by atoms with Crippen LogP contribution in [0.15, 0.2) is 18.2 Å². The molecule has 0 saturated heterocycles. The molecule has 0 aliphatic carbocycles. The van der Waals surface area contributed by atoms with Gasteiger partial charge in [-0.2, -0.15) is 0 Å². The Kier molecular flexibility index (Phi) is 7.40. The van der Waals surface area contributed by atoms with Crippen molar-refractivity contribution in [2.75, 3.05) is 32.1 Å². The predicted octanol–water partition coefficient (Wildman–Crippen LogP) is 3.31. The van der Waals surface area contributed by atoms with Crippen molar-refractivity contribution in [3.63, 3.8) is 0 Å². The molecule has 0 fully saturated rings. The van der Waals surface area contributed by atoms with Crippen LogP contribution in [-0.4, -0.2) is 37.0 Å². The fourth-order valence-electron chi connectivity index (χ4n) is 1.85. The van der Waals surface area contributed by atoms with E-state index in [2.05, 4.69) is 30.6 Å². The molecule has 3 heteroatoms. The molecule has 0 atom stereocenters. The molecule has 1 aromatic carbocycles. The minimum atomic E-state index is 0.362. The van der Waals surface area contributed by atoms with E-state index >= 15 is 0 Å². The van der Waals surface area contributed by atoms with Gasteiger partial charge in [0.05, 0.1) is 5.88 Å². The minimum absolute atomic E-state index is 0.362. The number of ether oxygens (including phenoxy) is 1. The van der Waals surface area contributed by atoms with Gasteiger partial charge in [0, 0.05) is 12.1 Å². The maximum atomic E-state index is 5.81. The molecule has 0 aromatic heterocycles. The van der Waals surface area contributed by atoms with Crippen molar-refractivity contribution in [3.05, 3.63) is 29.3 Å². The summed E-state index contributed by atoms with van der Waals surface area (Å²) in [4.78, 5) is 2.34. The molecule has 0 spiro atoms. The van der Waals surface area contributed by atoms with E-state index in [-0.39, 0.29) is 0 Å². The minimum Gasteiger partial charge on any atom is -0.492 e. The topological polar surface area (TPSA) is 12.5 Å². The van der Waals surface area contributed by atoms with Crippen LogP contribution < -0.4 is 4.74 Å². The first-order valence-electron chi connectivity index (χ1n) is 6.71. The lowest BCUT2D eigenvalue weighted by atomic mass is 10.1. The Bertz CT molecular complexity index is 444. The van der Waals surface area contributed by atoms with Gasteiger partial charge in [0.15, 0.2) is 0 Å². The first-order chi connectivity index (χ1) is 9.21. The number of likely N-dealkylation sites (N-methyl/N-ethyl adjacent to an activating group) is 1. The highest BCUT2D eigenvalue weighted by Gasteiger charge is 2.02. The van der Waals surface area contributed by atoms with Gasteiger partial charge >= 0.3 is 0 Å². The van der Waals surface area contributed by atoms with Crippen LogP contribution in [0.3, 0.4) is 0 Å². The number of hydrogen-bond acceptors (Lipinski definition) is 2. The van der Waals surface area contributed by atoms with Crippen LogP contribution in [0.4, 0.5) is 0 Å². The van der Waals surface area contributed by atoms with E-state index < -0.39 is 0 Å². The van der Waals surface area contributed by atoms with Crippen LogP contribution in [0.1, 0.15) is 25.0 Å². The predicted molar refractivity (Wildman–Crippen MR) is 82.1 cm³/mol. The first kappa shape index (κ1) is 15.9. The Hall–Kier alpha value is -1.17. The van der Waals surface area contributed by atoms with Crippen LogP contribution in [0.25, 0.3) is 0 Å². The fraction of sp³-hybridized carbons (Fsp3) is 0.500. The van der Waals surface area contributed by atoms with Gasteiger partial charge < -0.3 is 9.64 Å². The third-order valence-electron chi connectivity index (χ3n) is 3.03. The maximum Gasteiger partial charge on any atom is 0.122 e. The number of aryl methyl sites for hydroxylation is 1. The Labute approximate surface area is 121 Å². The van der Waals surface area contributed by atoms with Gasteiger partial charge in [-0.3, -0.25) is 0 Å². The van der Waals surface area contributed by atoms with Crippen LogP contribution in [-0.2, 0) is 0 Å². The number of halogens is 1. The van der Waals surface area contributed by atoms with Gasteiger partial charge in [-0.25, -0.2) is 0 Å². The molecule has 0 aliphatic rings. The molecule has 0 saturated carbocycles. The molecule has 104 valence electrons. The van der Waals surface area contributed by atoms with Crippen molar-refractivity contribution in [3.8, 4) is 17.6 Å². The molecule has 0 N–H and O–H groups in total. The van der Waals surface area contributed by atoms with Crippen LogP contribution in [0.5, 0.6) is 5.75 Å². The zero-order valence-corrected chi connectivity index (χ0v) is 12.8. The second kappa shape index (κ2) is 8.85. The lowest BCUT2D eigenvalue weighted by Crippen LogP contribution is -2.28. The molecule has 0 radical (unpaired) electrons. The summed E-state index contributed by atoms with van der Waals surface area (Å²) in [6, 6.07) is 5.99. The summed E-state index contributed by atoms with van der Waals surface area (Å²) >= 11 is 5.55. The van der Waals surface area contributed by atoms with Crippen molar-refractivity contribution in [2.45, 2.75) is 20.8 Å². The Balaban J connectivity index is 2.55.